The van der Waals surface area contributed by atoms with Crippen LogP contribution in [0.3, 0.4) is 0 Å². The lowest BCUT2D eigenvalue weighted by atomic mass is 9.82. The smallest absolute Gasteiger partial charge is 0.110 e. The first-order valence-corrected chi connectivity index (χ1v) is 7.42. The molecule has 1 N–H and O–H groups in total. The number of hydrogen-bond donors (Lipinski definition) is 1. The van der Waals surface area contributed by atoms with Crippen molar-refractivity contribution in [3.63, 3.8) is 0 Å². The highest BCUT2D eigenvalue weighted by molar-refractivity contribution is 5.91. The van der Waals surface area contributed by atoms with E-state index in [1.807, 2.05) is 13.8 Å². The van der Waals surface area contributed by atoms with Gasteiger partial charge in [-0.2, -0.15) is 5.26 Å². The lowest BCUT2D eigenvalue weighted by molar-refractivity contribution is 0.475. The number of anilines is 1. The number of hydrogen-bond acceptors (Lipinski definition) is 2. The van der Waals surface area contributed by atoms with Crippen molar-refractivity contribution in [2.24, 2.45) is 0 Å². The van der Waals surface area contributed by atoms with Crippen LogP contribution in [0, 0.1) is 11.3 Å². The molecule has 5 rings (SSSR count). The molecule has 2 bridgehead atoms. The van der Waals surface area contributed by atoms with Crippen LogP contribution in [0.15, 0.2) is 18.2 Å². The van der Waals surface area contributed by atoms with Crippen molar-refractivity contribution < 1.29 is 0 Å². The number of piperidine rings is 1. The van der Waals surface area contributed by atoms with Crippen molar-refractivity contribution in [1.29, 1.82) is 5.26 Å². The summed E-state index contributed by atoms with van der Waals surface area (Å²) in [6.07, 6.45) is 2.54. The summed E-state index contributed by atoms with van der Waals surface area (Å²) in [5, 5.41) is 10.7. The van der Waals surface area contributed by atoms with Crippen LogP contribution in [0.1, 0.15) is 43.7 Å². The number of nitrogens with zero attached hydrogens (tertiary/aromatic N) is 2. The maximum atomic E-state index is 9.35. The second-order valence-corrected chi connectivity index (χ2v) is 6.65. The van der Waals surface area contributed by atoms with Gasteiger partial charge in [0.25, 0.3) is 0 Å². The Morgan fingerprint density at radius 2 is 2.05 bits per heavy atom. The van der Waals surface area contributed by atoms with Gasteiger partial charge in [-0.05, 0) is 50.3 Å². The average Bonchev–Trinajstić information content (AvgIpc) is 2.89. The molecular weight excluding hydrogens is 246 g/mol. The third kappa shape index (κ3) is 1.45. The van der Waals surface area contributed by atoms with Crippen molar-refractivity contribution in [1.82, 2.24) is 4.98 Å². The fourth-order valence-electron chi connectivity index (χ4n) is 3.71. The van der Waals surface area contributed by atoms with Gasteiger partial charge in [0.2, 0.25) is 0 Å². The van der Waals surface area contributed by atoms with E-state index < -0.39 is 5.41 Å². The lowest BCUT2D eigenvalue weighted by Crippen LogP contribution is -2.38. The van der Waals surface area contributed by atoms with Crippen molar-refractivity contribution in [2.45, 2.75) is 38.0 Å². The van der Waals surface area contributed by atoms with Crippen molar-refractivity contribution in [2.75, 3.05) is 18.0 Å². The van der Waals surface area contributed by atoms with Gasteiger partial charge in [0.1, 0.15) is 5.82 Å². The summed E-state index contributed by atoms with van der Waals surface area (Å²) in [7, 11) is 0. The van der Waals surface area contributed by atoms with E-state index in [9.17, 15) is 5.26 Å². The van der Waals surface area contributed by atoms with Crippen molar-refractivity contribution >= 4 is 16.7 Å². The normalized spacial score (nSPS) is 18.4. The first-order valence-electron chi connectivity index (χ1n) is 7.42. The van der Waals surface area contributed by atoms with E-state index >= 15 is 0 Å². The minimum absolute atomic E-state index is 0.424. The molecule has 1 fully saturated rings. The summed E-state index contributed by atoms with van der Waals surface area (Å²) in [4.78, 5) is 6.06. The number of nitriles is 1. The van der Waals surface area contributed by atoms with E-state index in [-0.39, 0.29) is 0 Å². The topological polar surface area (TPSA) is 42.8 Å². The molecule has 0 saturated carbocycles. The standard InChI is InChI=1S/C17H19N3/c1-17(2,10-18)12-3-4-14-13(9-12)15-11-5-7-20(8-6-11)16(15)19-14/h3-4,9,11,19H,5-8H2,1-2H3. The van der Waals surface area contributed by atoms with Crippen LogP contribution in [0.2, 0.25) is 0 Å². The number of fused-ring (bicyclic) bond motifs is 3. The third-order valence-corrected chi connectivity index (χ3v) is 5.04. The first kappa shape index (κ1) is 11.8. The molecule has 3 aliphatic heterocycles. The van der Waals surface area contributed by atoms with E-state index in [1.54, 1.807) is 0 Å². The number of rotatable bonds is 1. The van der Waals surface area contributed by atoms with E-state index in [0.717, 1.165) is 5.56 Å². The Kier molecular flexibility index (Phi) is 2.24. The minimum Gasteiger partial charge on any atom is -0.358 e. The average molecular weight is 265 g/mol. The van der Waals surface area contributed by atoms with Crippen molar-refractivity contribution in [3.8, 4) is 6.07 Å². The lowest BCUT2D eigenvalue weighted by Gasteiger charge is -2.40. The first-order chi connectivity index (χ1) is 9.60. The molecule has 0 amide bonds. The zero-order valence-electron chi connectivity index (χ0n) is 12.0. The molecule has 3 heteroatoms. The van der Waals surface area contributed by atoms with E-state index in [0.29, 0.717) is 5.92 Å². The largest absolute Gasteiger partial charge is 0.358 e. The zero-order valence-corrected chi connectivity index (χ0v) is 12.0. The quantitative estimate of drug-likeness (QED) is 0.855. The Hall–Kier alpha value is -1.95. The highest BCUT2D eigenvalue weighted by Gasteiger charge is 2.34. The number of aromatic nitrogens is 1. The van der Waals surface area contributed by atoms with E-state index in [1.165, 1.54) is 48.2 Å². The number of H-pyrrole nitrogens is 1. The molecule has 0 aliphatic carbocycles. The van der Waals surface area contributed by atoms with Crippen LogP contribution < -0.4 is 4.90 Å². The summed E-state index contributed by atoms with van der Waals surface area (Å²) in [6.45, 7) is 6.34. The van der Waals surface area contributed by atoms with Gasteiger partial charge in [-0.25, -0.2) is 0 Å². The number of nitrogens with one attached hydrogen (secondary N) is 1. The van der Waals surface area contributed by atoms with E-state index in [2.05, 4.69) is 34.2 Å². The summed E-state index contributed by atoms with van der Waals surface area (Å²) < 4.78 is 0. The van der Waals surface area contributed by atoms with Gasteiger partial charge in [-0.3, -0.25) is 0 Å². The molecular formula is C17H19N3. The zero-order chi connectivity index (χ0) is 13.9. The van der Waals surface area contributed by atoms with Gasteiger partial charge < -0.3 is 9.88 Å². The summed E-state index contributed by atoms with van der Waals surface area (Å²) in [6, 6.07) is 8.87. The Morgan fingerprint density at radius 1 is 1.30 bits per heavy atom. The summed E-state index contributed by atoms with van der Waals surface area (Å²) in [5.41, 5.74) is 3.40. The van der Waals surface area contributed by atoms with Gasteiger partial charge in [0.05, 0.1) is 11.5 Å². The summed E-state index contributed by atoms with van der Waals surface area (Å²) >= 11 is 0. The molecule has 1 aromatic carbocycles. The second kappa shape index (κ2) is 3.79. The second-order valence-electron chi connectivity index (χ2n) is 6.65. The minimum atomic E-state index is -0.424. The van der Waals surface area contributed by atoms with Crippen molar-refractivity contribution in [3.05, 3.63) is 29.3 Å². The molecule has 1 aromatic heterocycles. The van der Waals surface area contributed by atoms with Crippen LogP contribution in [0.5, 0.6) is 0 Å². The molecule has 3 nitrogen and oxygen atoms in total. The Balaban J connectivity index is 1.96. The number of aromatic amines is 1. The Bertz CT molecular complexity index is 725. The van der Waals surface area contributed by atoms with Crippen LogP contribution >= 0.6 is 0 Å². The highest BCUT2D eigenvalue weighted by Crippen LogP contribution is 2.46. The summed E-state index contributed by atoms with van der Waals surface area (Å²) in [5.74, 6) is 2.03. The highest BCUT2D eigenvalue weighted by atomic mass is 15.2. The van der Waals surface area contributed by atoms with Gasteiger partial charge in [-0.1, -0.05) is 6.07 Å². The fraction of sp³-hybridized carbons (Fsp3) is 0.471. The molecule has 20 heavy (non-hydrogen) atoms. The SMILES string of the molecule is CC(C)(C#N)c1ccc2[nH]c3c(c2c1)C1CCN3CC1. The molecule has 0 atom stereocenters. The van der Waals surface area contributed by atoms with Gasteiger partial charge >= 0.3 is 0 Å². The van der Waals surface area contributed by atoms with Gasteiger partial charge in [0, 0.05) is 29.6 Å². The molecule has 1 saturated heterocycles. The van der Waals surface area contributed by atoms with Crippen LogP contribution in [0.25, 0.3) is 10.9 Å². The monoisotopic (exact) mass is 265 g/mol. The van der Waals surface area contributed by atoms with Crippen LogP contribution in [-0.2, 0) is 5.41 Å². The van der Waals surface area contributed by atoms with Gasteiger partial charge in [0.15, 0.2) is 0 Å². The molecule has 102 valence electrons. The molecule has 4 heterocycles. The Morgan fingerprint density at radius 3 is 2.75 bits per heavy atom. The predicted molar refractivity (Wildman–Crippen MR) is 81.1 cm³/mol. The molecule has 2 aromatic rings. The van der Waals surface area contributed by atoms with Crippen LogP contribution in [0.4, 0.5) is 5.82 Å². The number of benzene rings is 1. The molecule has 3 aliphatic rings. The maximum Gasteiger partial charge on any atom is 0.110 e. The van der Waals surface area contributed by atoms with Gasteiger partial charge in [-0.15, -0.1) is 0 Å². The molecule has 0 radical (unpaired) electrons. The third-order valence-electron chi connectivity index (χ3n) is 5.04. The molecule has 0 unspecified atom stereocenters. The fourth-order valence-corrected chi connectivity index (χ4v) is 3.71. The van der Waals surface area contributed by atoms with Crippen LogP contribution in [-0.4, -0.2) is 18.1 Å². The predicted octanol–water partition coefficient (Wildman–Crippen LogP) is 3.67. The molecule has 0 spiro atoms. The maximum absolute atomic E-state index is 9.35. The van der Waals surface area contributed by atoms with E-state index in [4.69, 9.17) is 0 Å². The Labute approximate surface area is 119 Å².